The summed E-state index contributed by atoms with van der Waals surface area (Å²) in [6.45, 7) is 5.97. The predicted octanol–water partition coefficient (Wildman–Crippen LogP) is 4.70. The van der Waals surface area contributed by atoms with Crippen LogP contribution >= 0.6 is 0 Å². The van der Waals surface area contributed by atoms with Crippen LogP contribution in [0.2, 0.25) is 0 Å². The van der Waals surface area contributed by atoms with Gasteiger partial charge in [-0.05, 0) is 70.0 Å². The van der Waals surface area contributed by atoms with Crippen LogP contribution in [0.3, 0.4) is 0 Å². The Kier molecular flexibility index (Phi) is 9.79. The lowest BCUT2D eigenvalue weighted by Gasteiger charge is -2.34. The zero-order chi connectivity index (χ0) is 24.6. The summed E-state index contributed by atoms with van der Waals surface area (Å²) in [5.74, 6) is 1.52. The lowest BCUT2D eigenvalue weighted by atomic mass is 9.80. The number of carbonyl (C=O) groups excluding carboxylic acids is 2. The number of amides is 1. The number of likely N-dealkylation sites (N-methyl/N-ethyl adjacent to an activating group) is 1. The van der Waals surface area contributed by atoms with Gasteiger partial charge in [-0.15, -0.1) is 0 Å². The molecule has 0 bridgehead atoms. The summed E-state index contributed by atoms with van der Waals surface area (Å²) in [7, 11) is 1.83. The number of fused-ring (bicyclic) bond motifs is 1. The number of likely N-dealkylation sites (tertiary alicyclic amines) is 2. The van der Waals surface area contributed by atoms with Gasteiger partial charge in [0.25, 0.3) is 0 Å². The van der Waals surface area contributed by atoms with Gasteiger partial charge in [0.15, 0.2) is 0 Å². The Morgan fingerprint density at radius 2 is 1.77 bits per heavy atom. The largest absolute Gasteiger partial charge is 0.338 e. The molecule has 1 saturated carbocycles. The maximum atomic E-state index is 14.1. The summed E-state index contributed by atoms with van der Waals surface area (Å²) >= 11 is 0. The van der Waals surface area contributed by atoms with Gasteiger partial charge in [0.05, 0.1) is 6.04 Å². The summed E-state index contributed by atoms with van der Waals surface area (Å²) in [6.07, 6.45) is 12.2. The fourth-order valence-electron chi connectivity index (χ4n) is 6.76. The van der Waals surface area contributed by atoms with E-state index in [2.05, 4.69) is 45.4 Å². The van der Waals surface area contributed by atoms with Gasteiger partial charge >= 0.3 is 0 Å². The van der Waals surface area contributed by atoms with Crippen LogP contribution in [0.25, 0.3) is 0 Å². The van der Waals surface area contributed by atoms with Crippen LogP contribution in [0.4, 0.5) is 0 Å². The van der Waals surface area contributed by atoms with Crippen LogP contribution in [0.1, 0.15) is 76.7 Å². The second-order valence-electron chi connectivity index (χ2n) is 11.4. The predicted molar refractivity (Wildman–Crippen MR) is 142 cm³/mol. The van der Waals surface area contributed by atoms with Gasteiger partial charge in [-0.1, -0.05) is 62.4 Å². The first-order valence-corrected chi connectivity index (χ1v) is 14.3. The Balaban J connectivity index is 1.43. The van der Waals surface area contributed by atoms with E-state index in [9.17, 15) is 9.59 Å². The van der Waals surface area contributed by atoms with Crippen molar-refractivity contribution in [1.82, 2.24) is 15.1 Å². The maximum absolute atomic E-state index is 14.1. The molecule has 1 N–H and O–H groups in total. The summed E-state index contributed by atoms with van der Waals surface area (Å²) in [6, 6.07) is 10.9. The molecule has 5 heteroatoms. The molecule has 0 radical (unpaired) electrons. The molecule has 1 aromatic rings. The van der Waals surface area contributed by atoms with Gasteiger partial charge in [0.2, 0.25) is 5.91 Å². The lowest BCUT2D eigenvalue weighted by molar-refractivity contribution is -0.140. The summed E-state index contributed by atoms with van der Waals surface area (Å²) in [5.41, 5.74) is 1.39. The monoisotopic (exact) mass is 481 g/mol. The number of ketones is 1. The van der Waals surface area contributed by atoms with Gasteiger partial charge in [-0.2, -0.15) is 0 Å². The van der Waals surface area contributed by atoms with E-state index in [1.54, 1.807) is 0 Å². The SMILES string of the molecule is CN[C@@H](C)C(=O)C[C@@H](CC1CCCCC1)C(=O)N1CC[C@H]2CCCN(CCc3ccccc3)C[C@H]21. The molecule has 2 heterocycles. The molecule has 194 valence electrons. The Hall–Kier alpha value is -1.72. The van der Waals surface area contributed by atoms with Crippen molar-refractivity contribution >= 4 is 11.7 Å². The van der Waals surface area contributed by atoms with E-state index >= 15 is 0 Å². The maximum Gasteiger partial charge on any atom is 0.226 e. The molecule has 3 aliphatic rings. The number of Topliss-reactive ketones (excluding diaryl/α,β-unsaturated/α-hetero) is 1. The number of nitrogens with one attached hydrogen (secondary N) is 1. The van der Waals surface area contributed by atoms with Gasteiger partial charge in [0, 0.05) is 38.0 Å². The quantitative estimate of drug-likeness (QED) is 0.527. The van der Waals surface area contributed by atoms with Gasteiger partial charge in [-0.25, -0.2) is 0 Å². The molecular weight excluding hydrogens is 434 g/mol. The molecule has 2 aliphatic heterocycles. The number of carbonyl (C=O) groups is 2. The minimum Gasteiger partial charge on any atom is -0.338 e. The minimum atomic E-state index is -0.186. The van der Waals surface area contributed by atoms with Crippen molar-refractivity contribution in [1.29, 1.82) is 0 Å². The second kappa shape index (κ2) is 13.0. The molecule has 0 aromatic heterocycles. The second-order valence-corrected chi connectivity index (χ2v) is 11.4. The molecule has 3 fully saturated rings. The number of nitrogens with zero attached hydrogens (tertiary/aromatic N) is 2. The zero-order valence-corrected chi connectivity index (χ0v) is 22.1. The normalized spacial score (nSPS) is 25.6. The highest BCUT2D eigenvalue weighted by Crippen LogP contribution is 2.36. The van der Waals surface area contributed by atoms with Crippen molar-refractivity contribution < 1.29 is 9.59 Å². The van der Waals surface area contributed by atoms with E-state index in [1.165, 1.54) is 50.5 Å². The number of hydrogen-bond donors (Lipinski definition) is 1. The molecule has 1 aliphatic carbocycles. The Morgan fingerprint density at radius 3 is 2.51 bits per heavy atom. The van der Waals surface area contributed by atoms with Crippen molar-refractivity contribution in [2.75, 3.05) is 33.2 Å². The molecule has 4 atom stereocenters. The van der Waals surface area contributed by atoms with E-state index in [0.29, 0.717) is 24.3 Å². The average molecular weight is 482 g/mol. The fraction of sp³-hybridized carbons (Fsp3) is 0.733. The topological polar surface area (TPSA) is 52.7 Å². The minimum absolute atomic E-state index is 0.152. The van der Waals surface area contributed by atoms with Crippen LogP contribution in [-0.4, -0.2) is 66.8 Å². The van der Waals surface area contributed by atoms with Crippen LogP contribution in [0.5, 0.6) is 0 Å². The molecule has 2 saturated heterocycles. The van der Waals surface area contributed by atoms with Gasteiger partial charge < -0.3 is 15.1 Å². The smallest absolute Gasteiger partial charge is 0.226 e. The van der Waals surface area contributed by atoms with Crippen LogP contribution in [0.15, 0.2) is 30.3 Å². The van der Waals surface area contributed by atoms with Crippen LogP contribution < -0.4 is 5.32 Å². The zero-order valence-electron chi connectivity index (χ0n) is 22.1. The third-order valence-electron chi connectivity index (χ3n) is 9.08. The number of rotatable bonds is 10. The molecule has 1 amide bonds. The first-order chi connectivity index (χ1) is 17.0. The summed E-state index contributed by atoms with van der Waals surface area (Å²) < 4.78 is 0. The lowest BCUT2D eigenvalue weighted by Crippen LogP contribution is -2.48. The standard InChI is InChI=1S/C30H47N3O2/c1-23(31-2)29(34)21-27(20-25-12-7-4-8-13-25)30(35)33-19-16-26-14-9-17-32(22-28(26)33)18-15-24-10-5-3-6-11-24/h3,5-6,10-11,23,25-28,31H,4,7-9,12-22H2,1-2H3/t23-,26+,27+,28+/m0/s1. The van der Waals surface area contributed by atoms with Gasteiger partial charge in [0.1, 0.15) is 5.78 Å². The fourth-order valence-corrected chi connectivity index (χ4v) is 6.76. The highest BCUT2D eigenvalue weighted by atomic mass is 16.2. The number of benzene rings is 1. The summed E-state index contributed by atoms with van der Waals surface area (Å²) in [4.78, 5) is 31.8. The van der Waals surface area contributed by atoms with Gasteiger partial charge in [-0.3, -0.25) is 9.59 Å². The molecule has 4 rings (SSSR count). The molecular formula is C30H47N3O2. The van der Waals surface area contributed by atoms with Crippen molar-refractivity contribution in [2.45, 2.75) is 89.6 Å². The van der Waals surface area contributed by atoms with E-state index in [-0.39, 0.29) is 23.7 Å². The Labute approximate surface area is 213 Å². The molecule has 1 aromatic carbocycles. The van der Waals surface area contributed by atoms with E-state index in [4.69, 9.17) is 0 Å². The summed E-state index contributed by atoms with van der Waals surface area (Å²) in [5, 5.41) is 3.09. The van der Waals surface area contributed by atoms with E-state index < -0.39 is 0 Å². The third kappa shape index (κ3) is 7.16. The van der Waals surface area contributed by atoms with Crippen molar-refractivity contribution in [3.05, 3.63) is 35.9 Å². The Morgan fingerprint density at radius 1 is 1.00 bits per heavy atom. The highest BCUT2D eigenvalue weighted by molar-refractivity contribution is 5.89. The first kappa shape index (κ1) is 26.3. The van der Waals surface area contributed by atoms with Crippen molar-refractivity contribution in [2.24, 2.45) is 17.8 Å². The Bertz CT molecular complexity index is 807. The van der Waals surface area contributed by atoms with Crippen molar-refractivity contribution in [3.63, 3.8) is 0 Å². The van der Waals surface area contributed by atoms with E-state index in [0.717, 1.165) is 45.4 Å². The average Bonchev–Trinajstić information content (AvgIpc) is 3.17. The number of hydrogen-bond acceptors (Lipinski definition) is 4. The molecule has 0 unspecified atom stereocenters. The van der Waals surface area contributed by atoms with Crippen LogP contribution in [0, 0.1) is 17.8 Å². The first-order valence-electron chi connectivity index (χ1n) is 14.3. The molecule has 0 spiro atoms. The third-order valence-corrected chi connectivity index (χ3v) is 9.08. The van der Waals surface area contributed by atoms with Crippen LogP contribution in [-0.2, 0) is 16.0 Å². The molecule has 35 heavy (non-hydrogen) atoms. The molecule has 5 nitrogen and oxygen atoms in total. The highest BCUT2D eigenvalue weighted by Gasteiger charge is 2.42. The van der Waals surface area contributed by atoms with Crippen molar-refractivity contribution in [3.8, 4) is 0 Å². The van der Waals surface area contributed by atoms with E-state index in [1.807, 2.05) is 14.0 Å².